The summed E-state index contributed by atoms with van der Waals surface area (Å²) in [4.78, 5) is 11.6. The van der Waals surface area contributed by atoms with E-state index >= 15 is 0 Å². The van der Waals surface area contributed by atoms with Crippen LogP contribution in [-0.2, 0) is 11.2 Å². The molecule has 0 radical (unpaired) electrons. The summed E-state index contributed by atoms with van der Waals surface area (Å²) in [6.45, 7) is 6.82. The second kappa shape index (κ2) is 7.43. The van der Waals surface area contributed by atoms with Gasteiger partial charge in [0.15, 0.2) is 0 Å². The van der Waals surface area contributed by atoms with E-state index in [4.69, 9.17) is 9.72 Å². The molecule has 0 saturated carbocycles. The molecule has 0 atom stereocenters. The molecule has 1 aromatic rings. The molecule has 1 aromatic heterocycles. The minimum absolute atomic E-state index is 0.516. The molecule has 0 bridgehead atoms. The lowest BCUT2D eigenvalue weighted by Gasteiger charge is -2.32. The highest BCUT2D eigenvalue weighted by Gasteiger charge is 2.20. The predicted octanol–water partition coefficient (Wildman–Crippen LogP) is 2.48. The first-order valence-electron chi connectivity index (χ1n) is 7.67. The van der Waals surface area contributed by atoms with Gasteiger partial charge in [-0.25, -0.2) is 9.97 Å². The minimum atomic E-state index is 0.516. The molecule has 0 aliphatic carbocycles. The van der Waals surface area contributed by atoms with Crippen LogP contribution < -0.4 is 10.2 Å². The van der Waals surface area contributed by atoms with Crippen LogP contribution in [0.4, 0.5) is 11.6 Å². The molecule has 1 aliphatic heterocycles. The first-order chi connectivity index (χ1) is 9.74. The van der Waals surface area contributed by atoms with Crippen molar-refractivity contribution in [2.24, 2.45) is 0 Å². The van der Waals surface area contributed by atoms with Gasteiger partial charge in [-0.1, -0.05) is 6.92 Å². The molecule has 0 spiro atoms. The van der Waals surface area contributed by atoms with Crippen LogP contribution in [0.25, 0.3) is 0 Å². The van der Waals surface area contributed by atoms with Crippen LogP contribution in [0.15, 0.2) is 6.07 Å². The van der Waals surface area contributed by atoms with Crippen LogP contribution in [0, 0.1) is 0 Å². The zero-order chi connectivity index (χ0) is 14.4. The van der Waals surface area contributed by atoms with E-state index in [0.29, 0.717) is 6.04 Å². The second-order valence-electron chi connectivity index (χ2n) is 5.26. The molecular weight excluding hydrogens is 252 g/mol. The lowest BCUT2D eigenvalue weighted by molar-refractivity contribution is 0.0853. The highest BCUT2D eigenvalue weighted by atomic mass is 16.5. The van der Waals surface area contributed by atoms with Crippen molar-refractivity contribution in [2.45, 2.75) is 45.6 Å². The maximum absolute atomic E-state index is 5.44. The van der Waals surface area contributed by atoms with E-state index in [1.54, 1.807) is 0 Å². The van der Waals surface area contributed by atoms with E-state index in [0.717, 1.165) is 62.9 Å². The maximum atomic E-state index is 5.44. The first-order valence-corrected chi connectivity index (χ1v) is 7.67. The van der Waals surface area contributed by atoms with E-state index in [-0.39, 0.29) is 0 Å². The topological polar surface area (TPSA) is 50.3 Å². The zero-order valence-corrected chi connectivity index (χ0v) is 12.9. The Morgan fingerprint density at radius 1 is 1.30 bits per heavy atom. The number of ether oxygens (including phenoxy) is 1. The van der Waals surface area contributed by atoms with Crippen molar-refractivity contribution in [3.8, 4) is 0 Å². The molecule has 1 aliphatic rings. The summed E-state index contributed by atoms with van der Waals surface area (Å²) in [6, 6.07) is 2.57. The van der Waals surface area contributed by atoms with Gasteiger partial charge in [0, 0.05) is 45.3 Å². The van der Waals surface area contributed by atoms with Gasteiger partial charge in [-0.05, 0) is 26.2 Å². The lowest BCUT2D eigenvalue weighted by Crippen LogP contribution is -2.37. The number of hydrogen-bond donors (Lipinski definition) is 1. The summed E-state index contributed by atoms with van der Waals surface area (Å²) in [5.74, 6) is 2.88. The Hall–Kier alpha value is -1.36. The van der Waals surface area contributed by atoms with Crippen molar-refractivity contribution in [1.29, 1.82) is 0 Å². The molecule has 1 saturated heterocycles. The summed E-state index contributed by atoms with van der Waals surface area (Å²) in [6.07, 6.45) is 4.13. The SMILES string of the molecule is CCCc1nc(NCC)cc(N(C)C2CCOCC2)n1. The predicted molar refractivity (Wildman–Crippen MR) is 82.4 cm³/mol. The second-order valence-corrected chi connectivity index (χ2v) is 5.26. The van der Waals surface area contributed by atoms with Crippen LogP contribution >= 0.6 is 0 Å². The Balaban J connectivity index is 2.19. The van der Waals surface area contributed by atoms with Gasteiger partial charge in [0.25, 0.3) is 0 Å². The quantitative estimate of drug-likeness (QED) is 0.866. The fourth-order valence-corrected chi connectivity index (χ4v) is 2.53. The van der Waals surface area contributed by atoms with Crippen molar-refractivity contribution >= 4 is 11.6 Å². The van der Waals surface area contributed by atoms with E-state index in [2.05, 4.69) is 42.2 Å². The Labute approximate surface area is 121 Å². The standard InChI is InChI=1S/C15H26N4O/c1-4-6-13-17-14(16-5-2)11-15(18-13)19(3)12-7-9-20-10-8-12/h11-12H,4-10H2,1-3H3,(H,16,17,18). The normalized spacial score (nSPS) is 16.1. The summed E-state index contributed by atoms with van der Waals surface area (Å²) in [5.41, 5.74) is 0. The van der Waals surface area contributed by atoms with Crippen LogP contribution in [0.1, 0.15) is 38.9 Å². The summed E-state index contributed by atoms with van der Waals surface area (Å²) < 4.78 is 5.44. The molecule has 20 heavy (non-hydrogen) atoms. The molecule has 5 nitrogen and oxygen atoms in total. The zero-order valence-electron chi connectivity index (χ0n) is 12.9. The first kappa shape index (κ1) is 15.0. The molecule has 1 fully saturated rings. The number of aryl methyl sites for hydroxylation is 1. The molecule has 2 heterocycles. The van der Waals surface area contributed by atoms with Crippen molar-refractivity contribution in [3.05, 3.63) is 11.9 Å². The molecule has 0 amide bonds. The van der Waals surface area contributed by atoms with E-state index in [1.165, 1.54) is 0 Å². The highest BCUT2D eigenvalue weighted by molar-refractivity contribution is 5.49. The molecule has 5 heteroatoms. The highest BCUT2D eigenvalue weighted by Crippen LogP contribution is 2.22. The number of anilines is 2. The van der Waals surface area contributed by atoms with Crippen LogP contribution in [0.2, 0.25) is 0 Å². The number of hydrogen-bond acceptors (Lipinski definition) is 5. The van der Waals surface area contributed by atoms with Gasteiger partial charge in [-0.3, -0.25) is 0 Å². The van der Waals surface area contributed by atoms with Gasteiger partial charge < -0.3 is 15.0 Å². The van der Waals surface area contributed by atoms with Crippen LogP contribution in [0.3, 0.4) is 0 Å². The summed E-state index contributed by atoms with van der Waals surface area (Å²) in [7, 11) is 2.13. The van der Waals surface area contributed by atoms with Crippen molar-refractivity contribution < 1.29 is 4.74 Å². The maximum Gasteiger partial charge on any atom is 0.134 e. The number of aromatic nitrogens is 2. The molecule has 112 valence electrons. The van der Waals surface area contributed by atoms with E-state index in [1.807, 2.05) is 0 Å². The van der Waals surface area contributed by atoms with Gasteiger partial charge in [0.1, 0.15) is 17.5 Å². The van der Waals surface area contributed by atoms with Crippen LogP contribution in [0.5, 0.6) is 0 Å². The summed E-state index contributed by atoms with van der Waals surface area (Å²) in [5, 5.41) is 3.30. The third-order valence-corrected chi connectivity index (χ3v) is 3.69. The van der Waals surface area contributed by atoms with Crippen molar-refractivity contribution in [3.63, 3.8) is 0 Å². The van der Waals surface area contributed by atoms with E-state index < -0.39 is 0 Å². The lowest BCUT2D eigenvalue weighted by atomic mass is 10.1. The van der Waals surface area contributed by atoms with Crippen LogP contribution in [-0.4, -0.2) is 42.8 Å². The fraction of sp³-hybridized carbons (Fsp3) is 0.733. The number of nitrogens with zero attached hydrogens (tertiary/aromatic N) is 3. The number of rotatable bonds is 6. The Morgan fingerprint density at radius 2 is 2.05 bits per heavy atom. The molecule has 0 unspecified atom stereocenters. The third kappa shape index (κ3) is 3.82. The van der Waals surface area contributed by atoms with Gasteiger partial charge >= 0.3 is 0 Å². The minimum Gasteiger partial charge on any atom is -0.381 e. The van der Waals surface area contributed by atoms with Crippen molar-refractivity contribution in [1.82, 2.24) is 9.97 Å². The molecule has 0 aromatic carbocycles. The Kier molecular flexibility index (Phi) is 5.59. The Morgan fingerprint density at radius 3 is 2.70 bits per heavy atom. The average Bonchev–Trinajstić information content (AvgIpc) is 2.48. The monoisotopic (exact) mass is 278 g/mol. The summed E-state index contributed by atoms with van der Waals surface area (Å²) >= 11 is 0. The van der Waals surface area contributed by atoms with Crippen molar-refractivity contribution in [2.75, 3.05) is 37.0 Å². The largest absolute Gasteiger partial charge is 0.381 e. The smallest absolute Gasteiger partial charge is 0.134 e. The van der Waals surface area contributed by atoms with Gasteiger partial charge in [0.05, 0.1) is 0 Å². The number of nitrogens with one attached hydrogen (secondary N) is 1. The molecular formula is C15H26N4O. The molecule has 2 rings (SSSR count). The third-order valence-electron chi connectivity index (χ3n) is 3.69. The van der Waals surface area contributed by atoms with Gasteiger partial charge in [-0.2, -0.15) is 0 Å². The molecule has 1 N–H and O–H groups in total. The average molecular weight is 278 g/mol. The van der Waals surface area contributed by atoms with E-state index in [9.17, 15) is 0 Å². The fourth-order valence-electron chi connectivity index (χ4n) is 2.53. The van der Waals surface area contributed by atoms with Gasteiger partial charge in [0.2, 0.25) is 0 Å². The van der Waals surface area contributed by atoms with Gasteiger partial charge in [-0.15, -0.1) is 0 Å². The Bertz CT molecular complexity index is 394.